The number of fused-ring (bicyclic) bond motifs is 1. The van der Waals surface area contributed by atoms with Crippen molar-refractivity contribution >= 4 is 0 Å². The molecule has 3 aromatic rings. The summed E-state index contributed by atoms with van der Waals surface area (Å²) in [5.41, 5.74) is 4.25. The third-order valence-corrected chi connectivity index (χ3v) is 5.16. The highest BCUT2D eigenvalue weighted by molar-refractivity contribution is 5.25. The van der Waals surface area contributed by atoms with Gasteiger partial charge in [-0.15, -0.1) is 0 Å². The maximum Gasteiger partial charge on any atom is 0.267 e. The summed E-state index contributed by atoms with van der Waals surface area (Å²) in [6.07, 6.45) is 5.88. The molecule has 0 bridgehead atoms. The molecule has 0 saturated heterocycles. The Kier molecular flexibility index (Phi) is 3.99. The molecule has 2 heterocycles. The van der Waals surface area contributed by atoms with Crippen molar-refractivity contribution in [3.8, 4) is 5.69 Å². The lowest BCUT2D eigenvalue weighted by molar-refractivity contribution is -0.608. The van der Waals surface area contributed by atoms with Gasteiger partial charge in [-0.3, -0.25) is 0 Å². The van der Waals surface area contributed by atoms with Gasteiger partial charge in [-0.05, 0) is 44.9 Å². The molecular formula is C23H27N2+. The fourth-order valence-electron chi connectivity index (χ4n) is 4.15. The predicted molar refractivity (Wildman–Crippen MR) is 102 cm³/mol. The van der Waals surface area contributed by atoms with Gasteiger partial charge in [-0.1, -0.05) is 48.5 Å². The standard InChI is InChI=1S/C23H27N2/c1-23(2,3)22-24(19-12-8-5-9-13-19)17-21-15-14-20(25(21)22)16-18-10-6-4-7-11-18/h4-13,17,20H,14-16H2,1-3H3/q+1/t20-/m1/s1. The van der Waals surface area contributed by atoms with Gasteiger partial charge < -0.3 is 0 Å². The number of para-hydroxylation sites is 1. The summed E-state index contributed by atoms with van der Waals surface area (Å²) in [5.74, 6) is 1.41. The summed E-state index contributed by atoms with van der Waals surface area (Å²) in [6, 6.07) is 22.2. The van der Waals surface area contributed by atoms with Crippen LogP contribution in [0, 0.1) is 0 Å². The van der Waals surface area contributed by atoms with Crippen molar-refractivity contribution < 1.29 is 4.57 Å². The van der Waals surface area contributed by atoms with Crippen LogP contribution < -0.4 is 4.57 Å². The van der Waals surface area contributed by atoms with Crippen LogP contribution in [0.2, 0.25) is 0 Å². The van der Waals surface area contributed by atoms with E-state index in [1.807, 2.05) is 0 Å². The molecule has 1 atom stereocenters. The van der Waals surface area contributed by atoms with E-state index in [-0.39, 0.29) is 5.41 Å². The first-order chi connectivity index (χ1) is 12.0. The molecule has 2 aromatic carbocycles. The lowest BCUT2D eigenvalue weighted by Gasteiger charge is -2.20. The van der Waals surface area contributed by atoms with Gasteiger partial charge >= 0.3 is 0 Å². The monoisotopic (exact) mass is 331 g/mol. The Bertz CT molecular complexity index is 854. The molecule has 0 unspecified atom stereocenters. The van der Waals surface area contributed by atoms with E-state index in [4.69, 9.17) is 0 Å². The first-order valence-corrected chi connectivity index (χ1v) is 9.29. The van der Waals surface area contributed by atoms with E-state index in [0.29, 0.717) is 6.04 Å². The average molecular weight is 331 g/mol. The lowest BCUT2D eigenvalue weighted by atomic mass is 9.94. The zero-order valence-electron chi connectivity index (χ0n) is 15.4. The highest BCUT2D eigenvalue weighted by Crippen LogP contribution is 2.34. The third kappa shape index (κ3) is 3.02. The van der Waals surface area contributed by atoms with Crippen molar-refractivity contribution in [1.82, 2.24) is 4.57 Å². The van der Waals surface area contributed by atoms with Crippen molar-refractivity contribution in [2.75, 3.05) is 0 Å². The molecule has 1 aliphatic heterocycles. The quantitative estimate of drug-likeness (QED) is 0.610. The van der Waals surface area contributed by atoms with E-state index in [1.54, 1.807) is 0 Å². The van der Waals surface area contributed by atoms with Gasteiger partial charge in [0.1, 0.15) is 23.6 Å². The lowest BCUT2D eigenvalue weighted by Crippen LogP contribution is -2.41. The van der Waals surface area contributed by atoms with Crippen LogP contribution in [0.15, 0.2) is 66.9 Å². The van der Waals surface area contributed by atoms with Crippen LogP contribution in [-0.4, -0.2) is 4.57 Å². The minimum Gasteiger partial charge on any atom is -0.228 e. The Morgan fingerprint density at radius 1 is 0.960 bits per heavy atom. The second-order valence-corrected chi connectivity index (χ2v) is 8.15. The molecule has 25 heavy (non-hydrogen) atoms. The van der Waals surface area contributed by atoms with Gasteiger partial charge in [0.15, 0.2) is 0 Å². The normalized spacial score (nSPS) is 16.8. The maximum atomic E-state index is 2.62. The number of aromatic nitrogens is 2. The number of hydrogen-bond acceptors (Lipinski definition) is 0. The molecule has 1 aliphatic rings. The van der Waals surface area contributed by atoms with Gasteiger partial charge in [0.05, 0.1) is 5.41 Å². The maximum absolute atomic E-state index is 2.62. The Morgan fingerprint density at radius 2 is 1.60 bits per heavy atom. The molecule has 128 valence electrons. The smallest absolute Gasteiger partial charge is 0.228 e. The van der Waals surface area contributed by atoms with Gasteiger partial charge in [0.25, 0.3) is 5.82 Å². The van der Waals surface area contributed by atoms with E-state index < -0.39 is 0 Å². The Morgan fingerprint density at radius 3 is 2.24 bits per heavy atom. The molecule has 2 nitrogen and oxygen atoms in total. The van der Waals surface area contributed by atoms with E-state index in [0.717, 1.165) is 6.42 Å². The van der Waals surface area contributed by atoms with Crippen LogP contribution >= 0.6 is 0 Å². The minimum atomic E-state index is 0.0906. The van der Waals surface area contributed by atoms with Crippen LogP contribution in [-0.2, 0) is 18.3 Å². The number of benzene rings is 2. The minimum absolute atomic E-state index is 0.0906. The topological polar surface area (TPSA) is 8.81 Å². The Hall–Kier alpha value is -2.35. The van der Waals surface area contributed by atoms with Crippen molar-refractivity contribution in [2.24, 2.45) is 0 Å². The molecular weight excluding hydrogens is 304 g/mol. The van der Waals surface area contributed by atoms with Crippen LogP contribution in [0.1, 0.15) is 50.3 Å². The van der Waals surface area contributed by atoms with Gasteiger partial charge in [0, 0.05) is 12.8 Å². The molecule has 0 fully saturated rings. The van der Waals surface area contributed by atoms with E-state index in [2.05, 4.69) is 96.8 Å². The fourth-order valence-corrected chi connectivity index (χ4v) is 4.15. The van der Waals surface area contributed by atoms with E-state index >= 15 is 0 Å². The molecule has 0 spiro atoms. The summed E-state index contributed by atoms with van der Waals surface area (Å²) in [6.45, 7) is 6.98. The summed E-state index contributed by atoms with van der Waals surface area (Å²) in [5, 5.41) is 0. The largest absolute Gasteiger partial charge is 0.267 e. The Labute approximate surface area is 150 Å². The molecule has 1 aromatic heterocycles. The Balaban J connectivity index is 1.80. The molecule has 4 rings (SSSR count). The van der Waals surface area contributed by atoms with Crippen molar-refractivity contribution in [2.45, 2.75) is 51.5 Å². The molecule has 2 heteroatoms. The van der Waals surface area contributed by atoms with Gasteiger partial charge in [-0.25, -0.2) is 4.57 Å². The number of rotatable bonds is 3. The van der Waals surface area contributed by atoms with Crippen LogP contribution in [0.5, 0.6) is 0 Å². The highest BCUT2D eigenvalue weighted by Gasteiger charge is 2.40. The number of nitrogens with zero attached hydrogens (tertiary/aromatic N) is 2. The van der Waals surface area contributed by atoms with Crippen LogP contribution in [0.4, 0.5) is 0 Å². The van der Waals surface area contributed by atoms with Crippen LogP contribution in [0.3, 0.4) is 0 Å². The SMILES string of the molecule is CC(C)(C)c1n2c(c[n+]1-c1ccccc1)CC[C@@H]2Cc1ccccc1. The van der Waals surface area contributed by atoms with Crippen molar-refractivity contribution in [3.63, 3.8) is 0 Å². The van der Waals surface area contributed by atoms with Gasteiger partial charge in [-0.2, -0.15) is 4.57 Å². The fraction of sp³-hybridized carbons (Fsp3) is 0.348. The van der Waals surface area contributed by atoms with E-state index in [9.17, 15) is 0 Å². The van der Waals surface area contributed by atoms with Crippen molar-refractivity contribution in [3.05, 3.63) is 83.9 Å². The molecule has 0 aliphatic carbocycles. The zero-order valence-corrected chi connectivity index (χ0v) is 15.4. The molecule has 0 N–H and O–H groups in total. The molecule has 0 amide bonds. The van der Waals surface area contributed by atoms with E-state index in [1.165, 1.54) is 35.6 Å². The summed E-state index contributed by atoms with van der Waals surface area (Å²) in [4.78, 5) is 0. The zero-order chi connectivity index (χ0) is 17.4. The number of imidazole rings is 1. The molecule has 0 saturated carbocycles. The number of aryl methyl sites for hydroxylation is 1. The summed E-state index contributed by atoms with van der Waals surface area (Å²) < 4.78 is 5.03. The first kappa shape index (κ1) is 16.1. The molecule has 0 radical (unpaired) electrons. The predicted octanol–water partition coefficient (Wildman–Crippen LogP) is 4.79. The van der Waals surface area contributed by atoms with Crippen LogP contribution in [0.25, 0.3) is 5.69 Å². The summed E-state index contributed by atoms with van der Waals surface area (Å²) in [7, 11) is 0. The third-order valence-electron chi connectivity index (χ3n) is 5.16. The second-order valence-electron chi connectivity index (χ2n) is 8.15. The van der Waals surface area contributed by atoms with Crippen molar-refractivity contribution in [1.29, 1.82) is 0 Å². The highest BCUT2D eigenvalue weighted by atomic mass is 15.2. The number of hydrogen-bond donors (Lipinski definition) is 0. The second kappa shape index (κ2) is 6.18. The summed E-state index contributed by atoms with van der Waals surface area (Å²) >= 11 is 0. The first-order valence-electron chi connectivity index (χ1n) is 9.29. The van der Waals surface area contributed by atoms with Gasteiger partial charge in [0.2, 0.25) is 0 Å². The average Bonchev–Trinajstić information content (AvgIpc) is 3.16.